The minimum atomic E-state index is -1.20. The molecule has 21 heavy (non-hydrogen) atoms. The van der Waals surface area contributed by atoms with Crippen LogP contribution in [0.25, 0.3) is 0 Å². The van der Waals surface area contributed by atoms with Gasteiger partial charge in [-0.1, -0.05) is 12.1 Å². The number of urea groups is 1. The smallest absolute Gasteiger partial charge is 0.335 e. The van der Waals surface area contributed by atoms with E-state index in [1.807, 2.05) is 0 Å². The fraction of sp³-hybridized carbons (Fsp3) is 0. The number of nitrogens with one attached hydrogen (secondary N) is 2. The van der Waals surface area contributed by atoms with Crippen molar-refractivity contribution in [2.45, 2.75) is 0 Å². The predicted octanol–water partition coefficient (Wildman–Crippen LogP) is 3.93. The molecule has 0 aliphatic heterocycles. The summed E-state index contributed by atoms with van der Waals surface area (Å²) >= 11 is 3.26. The third-order valence-electron chi connectivity index (χ3n) is 2.58. The van der Waals surface area contributed by atoms with Gasteiger partial charge in [0.25, 0.3) is 0 Å². The number of aromatic carboxylic acids is 1. The van der Waals surface area contributed by atoms with E-state index in [1.54, 1.807) is 24.3 Å². The lowest BCUT2D eigenvalue weighted by Gasteiger charge is -2.10. The van der Waals surface area contributed by atoms with Crippen LogP contribution in [0.1, 0.15) is 10.4 Å². The van der Waals surface area contributed by atoms with E-state index in [-0.39, 0.29) is 11.3 Å². The molecule has 2 amide bonds. The maximum atomic E-state index is 13.6. The van der Waals surface area contributed by atoms with Crippen molar-refractivity contribution in [3.8, 4) is 0 Å². The van der Waals surface area contributed by atoms with E-state index in [4.69, 9.17) is 5.11 Å². The normalized spacial score (nSPS) is 10.0. The first-order valence-corrected chi connectivity index (χ1v) is 6.62. The molecule has 0 heterocycles. The second-order valence-electron chi connectivity index (χ2n) is 4.06. The van der Waals surface area contributed by atoms with Crippen LogP contribution in [0.4, 0.5) is 20.6 Å². The van der Waals surface area contributed by atoms with Crippen LogP contribution in [0, 0.1) is 5.82 Å². The number of anilines is 2. The third kappa shape index (κ3) is 3.79. The summed E-state index contributed by atoms with van der Waals surface area (Å²) in [7, 11) is 0. The third-order valence-corrected chi connectivity index (χ3v) is 3.28. The molecule has 2 aromatic carbocycles. The minimum Gasteiger partial charge on any atom is -0.478 e. The number of hydrogen-bond acceptors (Lipinski definition) is 2. The Hall–Kier alpha value is -2.41. The van der Waals surface area contributed by atoms with E-state index in [1.165, 1.54) is 0 Å². The van der Waals surface area contributed by atoms with Crippen LogP contribution < -0.4 is 10.6 Å². The molecule has 7 heteroatoms. The molecule has 0 saturated carbocycles. The summed E-state index contributed by atoms with van der Waals surface area (Å²) in [4.78, 5) is 22.6. The molecule has 0 unspecified atom stereocenters. The van der Waals surface area contributed by atoms with Crippen molar-refractivity contribution in [3.63, 3.8) is 0 Å². The highest BCUT2D eigenvalue weighted by Crippen LogP contribution is 2.22. The van der Waals surface area contributed by atoms with Crippen molar-refractivity contribution >= 4 is 39.3 Å². The van der Waals surface area contributed by atoms with Crippen molar-refractivity contribution in [2.75, 3.05) is 10.6 Å². The summed E-state index contributed by atoms with van der Waals surface area (Å²) in [6.07, 6.45) is 0. The molecule has 0 aromatic heterocycles. The van der Waals surface area contributed by atoms with Gasteiger partial charge >= 0.3 is 12.0 Å². The maximum Gasteiger partial charge on any atom is 0.335 e. The summed E-state index contributed by atoms with van der Waals surface area (Å²) in [5.41, 5.74) is 0.178. The van der Waals surface area contributed by atoms with Crippen LogP contribution in [-0.2, 0) is 0 Å². The zero-order valence-corrected chi connectivity index (χ0v) is 12.1. The molecule has 0 atom stereocenters. The second kappa shape index (κ2) is 6.36. The van der Waals surface area contributed by atoms with Crippen LogP contribution in [0.2, 0.25) is 0 Å². The topological polar surface area (TPSA) is 78.4 Å². The van der Waals surface area contributed by atoms with Gasteiger partial charge in [0.15, 0.2) is 0 Å². The summed E-state index contributed by atoms with van der Waals surface area (Å²) in [5, 5.41) is 13.6. The maximum absolute atomic E-state index is 13.6. The van der Waals surface area contributed by atoms with Crippen LogP contribution >= 0.6 is 15.9 Å². The standard InChI is InChI=1S/C14H10BrFN2O3/c15-9-3-1-2-4-11(9)17-14(21)18-12-7-8(13(19)20)5-6-10(12)16/h1-7H,(H,19,20)(H2,17,18,21). The number of hydrogen-bond donors (Lipinski definition) is 3. The van der Waals surface area contributed by atoms with Gasteiger partial charge in [0.05, 0.1) is 16.9 Å². The van der Waals surface area contributed by atoms with E-state index in [0.717, 1.165) is 18.2 Å². The molecule has 0 saturated heterocycles. The first-order valence-electron chi connectivity index (χ1n) is 5.83. The van der Waals surface area contributed by atoms with Gasteiger partial charge in [-0.2, -0.15) is 0 Å². The summed E-state index contributed by atoms with van der Waals surface area (Å²) < 4.78 is 14.2. The highest BCUT2D eigenvalue weighted by molar-refractivity contribution is 9.10. The molecule has 0 aliphatic rings. The Morgan fingerprint density at radius 2 is 1.71 bits per heavy atom. The highest BCUT2D eigenvalue weighted by Gasteiger charge is 2.11. The Bertz CT molecular complexity index is 706. The second-order valence-corrected chi connectivity index (χ2v) is 4.91. The van der Waals surface area contributed by atoms with Gasteiger partial charge in [0.2, 0.25) is 0 Å². The van der Waals surface area contributed by atoms with Gasteiger partial charge in [-0.3, -0.25) is 0 Å². The molecule has 5 nitrogen and oxygen atoms in total. The van der Waals surface area contributed by atoms with E-state index in [0.29, 0.717) is 10.2 Å². The fourth-order valence-corrected chi connectivity index (χ4v) is 1.98. The van der Waals surface area contributed by atoms with E-state index < -0.39 is 17.8 Å². The molecular formula is C14H10BrFN2O3. The number of carboxylic acids is 1. The lowest BCUT2D eigenvalue weighted by atomic mass is 10.2. The summed E-state index contributed by atoms with van der Waals surface area (Å²) in [6.45, 7) is 0. The van der Waals surface area contributed by atoms with Gasteiger partial charge in [0, 0.05) is 4.47 Å². The Balaban J connectivity index is 2.15. The van der Waals surface area contributed by atoms with Gasteiger partial charge in [-0.05, 0) is 46.3 Å². The fourth-order valence-electron chi connectivity index (χ4n) is 1.59. The van der Waals surface area contributed by atoms with Crippen molar-refractivity contribution in [2.24, 2.45) is 0 Å². The summed E-state index contributed by atoms with van der Waals surface area (Å²) in [6, 6.07) is 9.39. The molecular weight excluding hydrogens is 343 g/mol. The average Bonchev–Trinajstić information content (AvgIpc) is 2.43. The number of rotatable bonds is 3. The lowest BCUT2D eigenvalue weighted by Crippen LogP contribution is -2.20. The van der Waals surface area contributed by atoms with Crippen molar-refractivity contribution < 1.29 is 19.1 Å². The van der Waals surface area contributed by atoms with Crippen LogP contribution in [-0.4, -0.2) is 17.1 Å². The Labute approximate surface area is 127 Å². The Kier molecular flexibility index (Phi) is 4.54. The first-order chi connectivity index (χ1) is 9.97. The van der Waals surface area contributed by atoms with Gasteiger partial charge in [-0.15, -0.1) is 0 Å². The number of amides is 2. The van der Waals surface area contributed by atoms with E-state index >= 15 is 0 Å². The first kappa shape index (κ1) is 15.0. The molecule has 2 rings (SSSR count). The zero-order chi connectivity index (χ0) is 15.4. The van der Waals surface area contributed by atoms with Gasteiger partial charge in [0.1, 0.15) is 5.82 Å². The molecule has 3 N–H and O–H groups in total. The van der Waals surface area contributed by atoms with Crippen molar-refractivity contribution in [1.29, 1.82) is 0 Å². The van der Waals surface area contributed by atoms with Crippen LogP contribution in [0.15, 0.2) is 46.9 Å². The lowest BCUT2D eigenvalue weighted by molar-refractivity contribution is 0.0697. The zero-order valence-electron chi connectivity index (χ0n) is 10.6. The van der Waals surface area contributed by atoms with Gasteiger partial charge in [-0.25, -0.2) is 14.0 Å². The average molecular weight is 353 g/mol. The predicted molar refractivity (Wildman–Crippen MR) is 80.1 cm³/mol. The van der Waals surface area contributed by atoms with E-state index in [2.05, 4.69) is 26.6 Å². The number of halogens is 2. The number of carbonyl (C=O) groups is 2. The van der Waals surface area contributed by atoms with Gasteiger partial charge < -0.3 is 15.7 Å². The SMILES string of the molecule is O=C(Nc1cc(C(=O)O)ccc1F)Nc1ccccc1Br. The minimum absolute atomic E-state index is 0.118. The van der Waals surface area contributed by atoms with Crippen LogP contribution in [0.3, 0.4) is 0 Å². The Morgan fingerprint density at radius 3 is 2.38 bits per heavy atom. The molecule has 0 fully saturated rings. The molecule has 0 radical (unpaired) electrons. The molecule has 108 valence electrons. The Morgan fingerprint density at radius 1 is 1.05 bits per heavy atom. The number of carboxylic acid groups (broad SMARTS) is 1. The molecule has 0 spiro atoms. The molecule has 0 aliphatic carbocycles. The van der Waals surface area contributed by atoms with Crippen LogP contribution in [0.5, 0.6) is 0 Å². The number of benzene rings is 2. The number of para-hydroxylation sites is 1. The monoisotopic (exact) mass is 352 g/mol. The molecule has 2 aromatic rings. The largest absolute Gasteiger partial charge is 0.478 e. The van der Waals surface area contributed by atoms with E-state index in [9.17, 15) is 14.0 Å². The molecule has 0 bridgehead atoms. The highest BCUT2D eigenvalue weighted by atomic mass is 79.9. The van der Waals surface area contributed by atoms with Crippen molar-refractivity contribution in [1.82, 2.24) is 0 Å². The quantitative estimate of drug-likeness (QED) is 0.782. The summed E-state index contributed by atoms with van der Waals surface area (Å²) in [5.74, 6) is -1.92. The van der Waals surface area contributed by atoms with Crippen molar-refractivity contribution in [3.05, 3.63) is 58.3 Å². The number of carbonyl (C=O) groups excluding carboxylic acids is 1.